The van der Waals surface area contributed by atoms with E-state index in [1.54, 1.807) is 45.3 Å². The molecule has 0 amide bonds. The highest BCUT2D eigenvalue weighted by atomic mass is 32.1. The second-order valence-corrected chi connectivity index (χ2v) is 41.2. The lowest BCUT2D eigenvalue weighted by molar-refractivity contribution is 0.669. The Morgan fingerprint density at radius 2 is 0.564 bits per heavy atom. The molecular formula is C126H66N8O2S4. The molecule has 0 saturated carbocycles. The number of rotatable bonds is 9. The molecule has 10 aromatic heterocycles. The SMILES string of the molecule is c1ccc2cc3c(cc2c1)c1ccc2c(-c4ccc5cc6c7ccc8ccccc8c7n(-c7ccc8cc(-c9nc(-c%10ccc%11c(c%10)sc%10ccccc%10%11)nc(-c%10cccc%11c%10sc%10ccccc%10%11)n9)c9oc%10ccccc%10c9c8c7)c6cc5c4)cccc2c1n3-c1ccc2c(c1)cc(-c1nc(-c3ccc4c(c3)sc3ccccc34)nc(-c3cccc4c3sc3ccccc34)n1)c1oc3ccccc3c12. The van der Waals surface area contributed by atoms with E-state index in [1.165, 1.54) is 104 Å². The Labute approximate surface area is 810 Å². The van der Waals surface area contributed by atoms with Crippen LogP contribution in [0.1, 0.15) is 0 Å². The van der Waals surface area contributed by atoms with E-state index in [1.807, 2.05) is 0 Å². The van der Waals surface area contributed by atoms with E-state index in [9.17, 15) is 0 Å². The minimum atomic E-state index is 0.523. The molecule has 0 aliphatic rings. The fraction of sp³-hybridized carbons (Fsp3) is 0. The van der Waals surface area contributed by atoms with E-state index in [4.69, 9.17) is 38.7 Å². The normalized spacial score (nSPS) is 12.4. The first-order valence-corrected chi connectivity index (χ1v) is 50.3. The summed E-state index contributed by atoms with van der Waals surface area (Å²) in [6, 6.07) is 147. The predicted molar refractivity (Wildman–Crippen MR) is 591 cm³/mol. The Hall–Kier alpha value is -17.5. The van der Waals surface area contributed by atoms with Crippen molar-refractivity contribution in [3.05, 3.63) is 400 Å². The number of aromatic nitrogens is 8. The van der Waals surface area contributed by atoms with Crippen LogP contribution in [-0.4, -0.2) is 39.0 Å². The summed E-state index contributed by atoms with van der Waals surface area (Å²) in [6.07, 6.45) is 0. The van der Waals surface area contributed by atoms with Gasteiger partial charge in [-0.3, -0.25) is 0 Å². The molecular weight excluding hydrogens is 1790 g/mol. The summed E-state index contributed by atoms with van der Waals surface area (Å²) in [5.41, 5.74) is 17.0. The van der Waals surface area contributed by atoms with Crippen molar-refractivity contribution in [3.8, 4) is 90.8 Å². The molecule has 0 saturated heterocycles. The first kappa shape index (κ1) is 76.7. The molecule has 10 nitrogen and oxygen atoms in total. The molecule has 0 unspecified atom stereocenters. The highest BCUT2D eigenvalue weighted by Gasteiger charge is 2.29. The van der Waals surface area contributed by atoms with Crippen LogP contribution < -0.4 is 0 Å². The summed E-state index contributed by atoms with van der Waals surface area (Å²) >= 11 is 7.14. The fourth-order valence-corrected chi connectivity index (χ4v) is 27.6. The van der Waals surface area contributed by atoms with Gasteiger partial charge in [0.1, 0.15) is 22.3 Å². The molecule has 0 atom stereocenters. The second-order valence-electron chi connectivity index (χ2n) is 36.9. The van der Waals surface area contributed by atoms with Crippen molar-refractivity contribution in [1.29, 1.82) is 0 Å². The Kier molecular flexibility index (Phi) is 15.9. The number of hydrogen-bond acceptors (Lipinski definition) is 12. The van der Waals surface area contributed by atoms with Crippen LogP contribution in [0.2, 0.25) is 0 Å². The van der Waals surface area contributed by atoms with Crippen molar-refractivity contribution in [2.45, 2.75) is 0 Å². The first-order chi connectivity index (χ1) is 69.3. The van der Waals surface area contributed by atoms with Crippen LogP contribution in [0.25, 0.3) is 324 Å². The molecule has 0 aliphatic heterocycles. The van der Waals surface area contributed by atoms with Gasteiger partial charge >= 0.3 is 0 Å². The molecule has 14 heteroatoms. The van der Waals surface area contributed by atoms with Crippen molar-refractivity contribution in [2.75, 3.05) is 0 Å². The van der Waals surface area contributed by atoms with E-state index in [-0.39, 0.29) is 0 Å². The molecule has 32 aromatic rings. The third-order valence-corrected chi connectivity index (χ3v) is 34.0. The number of hydrogen-bond donors (Lipinski definition) is 0. The highest BCUT2D eigenvalue weighted by Crippen LogP contribution is 2.52. The Bertz CT molecular complexity index is 11200. The van der Waals surface area contributed by atoms with E-state index in [0.717, 1.165) is 174 Å². The quantitative estimate of drug-likeness (QED) is 0.140. The van der Waals surface area contributed by atoms with Gasteiger partial charge in [0.05, 0.1) is 33.2 Å². The highest BCUT2D eigenvalue weighted by molar-refractivity contribution is 7.27. The number of nitrogens with zero attached hydrogens (tertiary/aromatic N) is 8. The van der Waals surface area contributed by atoms with E-state index < -0.39 is 0 Å². The third-order valence-electron chi connectivity index (χ3n) is 29.3. The summed E-state index contributed by atoms with van der Waals surface area (Å²) in [5.74, 6) is 3.42. The summed E-state index contributed by atoms with van der Waals surface area (Å²) in [4.78, 5) is 33.3. The smallest absolute Gasteiger partial charge is 0.167 e. The van der Waals surface area contributed by atoms with Gasteiger partial charge in [-0.25, -0.2) is 29.9 Å². The molecule has 0 N–H and O–H groups in total. The standard InChI is InChI=1S/C126H66N8O2S4/c1-2-22-69-62-103-99(58-68(69)21-1)91-55-54-82-79(30-17-31-89(82)116(91)133(103)77-49-53-80-76(57-77)61-102(117-113(80)94-28-5-11-36-105(94)135-117)126-130-122(74-47-51-88-84-25-8-14-39-108(84)138-112(88)65-74)128-124(132-126)97-35-19-33-93-86-27-10-16-41-110(86)140-120(93)97)71-43-42-70-59-100-90-52-45-67-20-3-4-23-81(67)115(90)134(104(100)63-75(70)56-71)78-48-44-72-60-101(118-114(98(72)66-78)95-29-6-12-37-106(95)136-118)125-129-121(73-46-50-87-83-24-7-13-38-107(83)137-111(87)64-73)127-123(131-125)96-34-18-32-92-85-26-9-15-40-109(85)139-119(92)96/h1-66H. The Morgan fingerprint density at radius 3 is 1.16 bits per heavy atom. The van der Waals surface area contributed by atoms with Gasteiger partial charge in [-0.15, -0.1) is 45.3 Å². The summed E-state index contributed by atoms with van der Waals surface area (Å²) < 4.78 is 29.0. The van der Waals surface area contributed by atoms with Gasteiger partial charge in [0.2, 0.25) is 0 Å². The van der Waals surface area contributed by atoms with E-state index >= 15 is 0 Å². The molecule has 0 bridgehead atoms. The average molecular weight is 1850 g/mol. The third kappa shape index (κ3) is 11.2. The minimum absolute atomic E-state index is 0.523. The maximum absolute atomic E-state index is 7.26. The number of para-hydroxylation sites is 2. The lowest BCUT2D eigenvalue weighted by Crippen LogP contribution is -2.01. The lowest BCUT2D eigenvalue weighted by atomic mass is 9.94. The molecule has 0 aliphatic carbocycles. The van der Waals surface area contributed by atoms with Crippen LogP contribution in [0.5, 0.6) is 0 Å². The van der Waals surface area contributed by atoms with E-state index in [2.05, 4.69) is 410 Å². The zero-order valence-corrected chi connectivity index (χ0v) is 77.4. The van der Waals surface area contributed by atoms with Crippen molar-refractivity contribution >= 4 is 278 Å². The second kappa shape index (κ2) is 29.0. The fourth-order valence-electron chi connectivity index (χ4n) is 22.9. The molecule has 0 fully saturated rings. The summed E-state index contributed by atoms with van der Waals surface area (Å²) in [7, 11) is 0. The van der Waals surface area contributed by atoms with Gasteiger partial charge in [0.15, 0.2) is 34.9 Å². The van der Waals surface area contributed by atoms with Crippen molar-refractivity contribution in [1.82, 2.24) is 39.0 Å². The topological polar surface area (TPSA) is 113 Å². The van der Waals surface area contributed by atoms with Gasteiger partial charge in [-0.05, 0) is 192 Å². The summed E-state index contributed by atoms with van der Waals surface area (Å²) in [6.45, 7) is 0. The number of furan rings is 2. The molecule has 0 radical (unpaired) electrons. The molecule has 646 valence electrons. The molecule has 32 rings (SSSR count). The van der Waals surface area contributed by atoms with Gasteiger partial charge in [-0.1, -0.05) is 273 Å². The van der Waals surface area contributed by atoms with Crippen LogP contribution in [-0.2, 0) is 0 Å². The van der Waals surface area contributed by atoms with Crippen molar-refractivity contribution in [3.63, 3.8) is 0 Å². The van der Waals surface area contributed by atoms with Crippen LogP contribution in [0, 0.1) is 0 Å². The first-order valence-electron chi connectivity index (χ1n) is 47.1. The zero-order valence-electron chi connectivity index (χ0n) is 74.1. The maximum Gasteiger partial charge on any atom is 0.167 e. The largest absolute Gasteiger partial charge is 0.455 e. The number of fused-ring (bicyclic) bond motifs is 34. The zero-order chi connectivity index (χ0) is 91.0. The van der Waals surface area contributed by atoms with Crippen molar-refractivity contribution in [2.24, 2.45) is 0 Å². The average Bonchev–Trinajstić information content (AvgIpc) is 1.55. The summed E-state index contributed by atoms with van der Waals surface area (Å²) in [5, 5.41) is 31.8. The predicted octanol–water partition coefficient (Wildman–Crippen LogP) is 36.1. The van der Waals surface area contributed by atoms with Gasteiger partial charge < -0.3 is 18.0 Å². The van der Waals surface area contributed by atoms with Crippen molar-refractivity contribution < 1.29 is 8.83 Å². The monoisotopic (exact) mass is 1850 g/mol. The van der Waals surface area contributed by atoms with Crippen LogP contribution in [0.15, 0.2) is 409 Å². The minimum Gasteiger partial charge on any atom is -0.455 e. The molecule has 0 spiro atoms. The van der Waals surface area contributed by atoms with Gasteiger partial charge in [0, 0.05) is 168 Å². The lowest BCUT2D eigenvalue weighted by Gasteiger charge is -2.15. The molecule has 22 aromatic carbocycles. The maximum atomic E-state index is 7.26. The number of benzene rings is 22. The van der Waals surface area contributed by atoms with Crippen LogP contribution in [0.3, 0.4) is 0 Å². The number of thiophene rings is 4. The Morgan fingerprint density at radius 1 is 0.186 bits per heavy atom. The van der Waals surface area contributed by atoms with Crippen LogP contribution in [0.4, 0.5) is 0 Å². The molecule has 140 heavy (non-hydrogen) atoms. The van der Waals surface area contributed by atoms with Gasteiger partial charge in [0.25, 0.3) is 0 Å². The van der Waals surface area contributed by atoms with E-state index in [0.29, 0.717) is 46.1 Å². The van der Waals surface area contributed by atoms with Crippen LogP contribution >= 0.6 is 45.3 Å². The van der Waals surface area contributed by atoms with Gasteiger partial charge in [-0.2, -0.15) is 0 Å². The Balaban J connectivity index is 0.568. The molecule has 10 heterocycles.